The lowest BCUT2D eigenvalue weighted by Crippen LogP contribution is -2.49. The average molecular weight is 727 g/mol. The molecule has 2 aromatic carbocycles. The minimum absolute atomic E-state index is 0.0162. The minimum atomic E-state index is -1.37. The number of nitrogens with zero attached hydrogens (tertiary/aromatic N) is 8. The van der Waals surface area contributed by atoms with Gasteiger partial charge >= 0.3 is 5.97 Å². The Balaban J connectivity index is 1.02. The molecule has 16 heteroatoms. The van der Waals surface area contributed by atoms with Crippen LogP contribution in [0.1, 0.15) is 65.8 Å². The number of likely N-dealkylation sites (tertiary alicyclic amines) is 1. The number of ether oxygens (including phenoxy) is 1. The lowest BCUT2D eigenvalue weighted by atomic mass is 9.92. The van der Waals surface area contributed by atoms with Crippen LogP contribution >= 0.6 is 0 Å². The summed E-state index contributed by atoms with van der Waals surface area (Å²) in [5.74, 6) is -2.27. The number of anilines is 2. The molecule has 1 aliphatic carbocycles. The van der Waals surface area contributed by atoms with E-state index in [0.717, 1.165) is 37.3 Å². The third-order valence-corrected chi connectivity index (χ3v) is 10.6. The number of rotatable bonds is 10. The van der Waals surface area contributed by atoms with Crippen molar-refractivity contribution in [2.75, 3.05) is 43.2 Å². The van der Waals surface area contributed by atoms with E-state index in [9.17, 15) is 24.3 Å². The summed E-state index contributed by atoms with van der Waals surface area (Å²) in [5.41, 5.74) is 2.47. The number of oxime groups is 1. The van der Waals surface area contributed by atoms with Crippen LogP contribution in [-0.2, 0) is 27.5 Å². The van der Waals surface area contributed by atoms with Crippen LogP contribution < -0.4 is 20.0 Å². The van der Waals surface area contributed by atoms with Crippen molar-refractivity contribution in [2.24, 2.45) is 11.1 Å². The van der Waals surface area contributed by atoms with E-state index in [1.807, 2.05) is 34.9 Å². The van der Waals surface area contributed by atoms with E-state index >= 15 is 4.39 Å². The number of aryl methyl sites for hydroxylation is 1. The molecule has 1 saturated carbocycles. The first-order valence-corrected chi connectivity index (χ1v) is 17.8. The third-order valence-electron chi connectivity index (χ3n) is 10.6. The fourth-order valence-electron chi connectivity index (χ4n) is 8.07. The van der Waals surface area contributed by atoms with Crippen LogP contribution in [0.25, 0.3) is 10.9 Å². The van der Waals surface area contributed by atoms with Gasteiger partial charge in [-0.25, -0.2) is 13.9 Å². The van der Waals surface area contributed by atoms with E-state index in [2.05, 4.69) is 15.5 Å². The summed E-state index contributed by atoms with van der Waals surface area (Å²) in [6, 6.07) is 6.57. The van der Waals surface area contributed by atoms with Gasteiger partial charge < -0.3 is 33.9 Å². The van der Waals surface area contributed by atoms with Gasteiger partial charge in [0.1, 0.15) is 30.1 Å². The van der Waals surface area contributed by atoms with E-state index in [0.29, 0.717) is 48.7 Å². The maximum Gasteiger partial charge on any atom is 0.341 e. The number of piperidine rings is 1. The van der Waals surface area contributed by atoms with E-state index in [1.54, 1.807) is 22.6 Å². The van der Waals surface area contributed by atoms with Crippen LogP contribution in [0.3, 0.4) is 0 Å². The second kappa shape index (κ2) is 13.3. The van der Waals surface area contributed by atoms with Gasteiger partial charge in [-0.2, -0.15) is 0 Å². The Labute approximate surface area is 303 Å². The second-order valence-electron chi connectivity index (χ2n) is 14.1. The summed E-state index contributed by atoms with van der Waals surface area (Å²) < 4.78 is 25.1. The van der Waals surface area contributed by atoms with Crippen LogP contribution in [0.4, 0.5) is 15.8 Å². The number of hydrogen-bond acceptors (Lipinski definition) is 10. The topological polar surface area (TPSA) is 165 Å². The maximum atomic E-state index is 16.1. The Morgan fingerprint density at radius 2 is 1.92 bits per heavy atom. The largest absolute Gasteiger partial charge is 0.492 e. The summed E-state index contributed by atoms with van der Waals surface area (Å²) in [5, 5.41) is 22.2. The molecule has 1 N–H and O–H groups in total. The molecule has 2 atom stereocenters. The van der Waals surface area contributed by atoms with Gasteiger partial charge in [0.15, 0.2) is 17.3 Å². The summed E-state index contributed by atoms with van der Waals surface area (Å²) in [7, 11) is 1.42. The molecule has 53 heavy (non-hydrogen) atoms. The van der Waals surface area contributed by atoms with Crippen molar-refractivity contribution in [3.63, 3.8) is 0 Å². The number of aromatic carboxylic acids is 1. The van der Waals surface area contributed by atoms with Crippen molar-refractivity contribution in [1.29, 1.82) is 0 Å². The van der Waals surface area contributed by atoms with Crippen molar-refractivity contribution in [3.8, 4) is 5.75 Å². The van der Waals surface area contributed by atoms with Crippen LogP contribution in [0, 0.1) is 18.7 Å². The fraction of sp³-hybridized carbons (Fsp3) is 0.432. The SMILES string of the molecule is CCO/N=C1/C(=O)N(Cc2cn(CC(=O)N3CCC[C@@H]4CN(c5c(F)cc6c(=O)c(C(=O)O)cn(C7CC7)c6c5OC)C[C@@H]43)nn2)c2cc(C)ccc21. The van der Waals surface area contributed by atoms with Crippen LogP contribution in [0.15, 0.2) is 46.6 Å². The van der Waals surface area contributed by atoms with Crippen LogP contribution in [-0.4, -0.2) is 92.5 Å². The van der Waals surface area contributed by atoms with E-state index in [1.165, 1.54) is 18.0 Å². The number of carbonyl (C=O) groups excluding carboxylic acids is 2. The molecular weight excluding hydrogens is 687 g/mol. The molecule has 0 radical (unpaired) electrons. The van der Waals surface area contributed by atoms with Gasteiger partial charge in [-0.1, -0.05) is 22.5 Å². The molecule has 3 fully saturated rings. The molecule has 15 nitrogen and oxygen atoms in total. The highest BCUT2D eigenvalue weighted by Gasteiger charge is 2.43. The fourth-order valence-corrected chi connectivity index (χ4v) is 8.07. The Bertz CT molecular complexity index is 2260. The van der Waals surface area contributed by atoms with Crippen LogP contribution in [0.5, 0.6) is 5.75 Å². The number of carbonyl (C=O) groups is 3. The summed E-state index contributed by atoms with van der Waals surface area (Å²) in [4.78, 5) is 62.8. The number of carboxylic acid groups (broad SMARTS) is 1. The number of benzene rings is 2. The second-order valence-corrected chi connectivity index (χ2v) is 14.1. The van der Waals surface area contributed by atoms with Crippen molar-refractivity contribution < 1.29 is 33.5 Å². The quantitative estimate of drug-likeness (QED) is 0.239. The zero-order chi connectivity index (χ0) is 37.1. The highest BCUT2D eigenvalue weighted by Crippen LogP contribution is 2.45. The minimum Gasteiger partial charge on any atom is -0.492 e. The highest BCUT2D eigenvalue weighted by molar-refractivity contribution is 6.54. The zero-order valence-electron chi connectivity index (χ0n) is 29.6. The number of pyridine rings is 1. The number of methoxy groups -OCH3 is 1. The molecule has 5 heterocycles. The number of aromatic nitrogens is 4. The Morgan fingerprint density at radius 1 is 1.11 bits per heavy atom. The first kappa shape index (κ1) is 34.3. The average Bonchev–Trinajstić information content (AvgIpc) is 3.65. The molecule has 0 spiro atoms. The zero-order valence-corrected chi connectivity index (χ0v) is 29.6. The summed E-state index contributed by atoms with van der Waals surface area (Å²) in [6.07, 6.45) is 6.24. The molecule has 0 bridgehead atoms. The van der Waals surface area contributed by atoms with Gasteiger partial charge in [0.25, 0.3) is 5.91 Å². The number of hydrogen-bond donors (Lipinski definition) is 1. The molecule has 276 valence electrons. The van der Waals surface area contributed by atoms with E-state index < -0.39 is 22.8 Å². The van der Waals surface area contributed by atoms with Gasteiger partial charge in [0.2, 0.25) is 11.3 Å². The normalized spacial score (nSPS) is 20.3. The van der Waals surface area contributed by atoms with Gasteiger partial charge in [-0.15, -0.1) is 5.10 Å². The first-order valence-electron chi connectivity index (χ1n) is 17.8. The van der Waals surface area contributed by atoms with Gasteiger partial charge in [-0.3, -0.25) is 14.4 Å². The monoisotopic (exact) mass is 726 g/mol. The predicted octanol–water partition coefficient (Wildman–Crippen LogP) is 3.50. The maximum absolute atomic E-state index is 16.1. The Hall–Kier alpha value is -5.80. The van der Waals surface area contributed by atoms with Gasteiger partial charge in [0, 0.05) is 37.4 Å². The lowest BCUT2D eigenvalue weighted by Gasteiger charge is -2.36. The summed E-state index contributed by atoms with van der Waals surface area (Å²) >= 11 is 0. The number of halogens is 1. The molecule has 2 amide bonds. The molecule has 4 aliphatic rings. The van der Waals surface area contributed by atoms with E-state index in [4.69, 9.17) is 9.57 Å². The number of fused-ring (bicyclic) bond motifs is 3. The molecular formula is C37H39FN8O7. The van der Waals surface area contributed by atoms with Crippen molar-refractivity contribution in [2.45, 2.75) is 64.7 Å². The number of carboxylic acids is 1. The Kier molecular flexibility index (Phi) is 8.61. The highest BCUT2D eigenvalue weighted by atomic mass is 19.1. The first-order chi connectivity index (χ1) is 25.6. The Morgan fingerprint density at radius 3 is 2.66 bits per heavy atom. The smallest absolute Gasteiger partial charge is 0.341 e. The van der Waals surface area contributed by atoms with Gasteiger partial charge in [0.05, 0.1) is 42.5 Å². The van der Waals surface area contributed by atoms with Crippen molar-refractivity contribution >= 4 is 45.8 Å². The van der Waals surface area contributed by atoms with E-state index in [-0.39, 0.29) is 65.4 Å². The molecule has 4 aromatic rings. The predicted molar refractivity (Wildman–Crippen MR) is 191 cm³/mol. The van der Waals surface area contributed by atoms with Crippen molar-refractivity contribution in [1.82, 2.24) is 24.5 Å². The molecule has 8 rings (SSSR count). The van der Waals surface area contributed by atoms with Gasteiger partial charge in [-0.05, 0) is 63.1 Å². The molecule has 3 aliphatic heterocycles. The number of amides is 2. The molecule has 2 saturated heterocycles. The lowest BCUT2D eigenvalue weighted by molar-refractivity contribution is -0.136. The molecule has 0 unspecified atom stereocenters. The van der Waals surface area contributed by atoms with Crippen molar-refractivity contribution in [3.05, 3.63) is 75.1 Å². The van der Waals surface area contributed by atoms with Crippen LogP contribution in [0.2, 0.25) is 0 Å². The summed E-state index contributed by atoms with van der Waals surface area (Å²) in [6.45, 7) is 5.48. The molecule has 2 aromatic heterocycles. The standard InChI is InChI=1S/C37H39FN8O7/c1-4-53-40-31-24-10-7-20(2)12-28(24)46(36(31)49)16-22-15-43(41-39-22)19-30(47)44-11-5-6-21-14-42(18-29(21)44)33-27(38)13-25-32(35(33)52-3)45(23-8-9-23)17-26(34(25)48)37(50)51/h7,10,12-13,15,17,21,23,29H,4-6,8-9,11,14,16,18-19H2,1-3H3,(H,50,51)/b40-31+/t21-,29+/m1/s1. The third kappa shape index (κ3) is 5.95.